The number of aromatic carboxylic acids is 1. The van der Waals surface area contributed by atoms with E-state index in [4.69, 9.17) is 9.84 Å². The van der Waals surface area contributed by atoms with E-state index in [9.17, 15) is 4.79 Å². The highest BCUT2D eigenvalue weighted by atomic mass is 16.5. The molecule has 5 nitrogen and oxygen atoms in total. The van der Waals surface area contributed by atoms with Crippen LogP contribution in [0.2, 0.25) is 0 Å². The lowest BCUT2D eigenvalue weighted by Gasteiger charge is -2.04. The Morgan fingerprint density at radius 1 is 1.47 bits per heavy atom. The summed E-state index contributed by atoms with van der Waals surface area (Å²) >= 11 is 0. The van der Waals surface area contributed by atoms with Gasteiger partial charge in [0.25, 0.3) is 0 Å². The quantitative estimate of drug-likeness (QED) is 0.876. The number of carboxylic acid groups (broad SMARTS) is 1. The van der Waals surface area contributed by atoms with Crippen molar-refractivity contribution in [2.45, 2.75) is 0 Å². The Bertz CT molecular complexity index is 561. The normalized spacial score (nSPS) is 10.2. The van der Waals surface area contributed by atoms with Crippen LogP contribution in [0.15, 0.2) is 30.5 Å². The summed E-state index contributed by atoms with van der Waals surface area (Å²) in [6, 6.07) is 7.33. The number of benzene rings is 1. The molecule has 0 bridgehead atoms. The summed E-state index contributed by atoms with van der Waals surface area (Å²) in [7, 11) is 3.34. The molecule has 17 heavy (non-hydrogen) atoms. The van der Waals surface area contributed by atoms with Crippen molar-refractivity contribution in [3.8, 4) is 17.1 Å². The van der Waals surface area contributed by atoms with Crippen molar-refractivity contribution in [2.75, 3.05) is 7.11 Å². The molecular formula is C12H12N2O3. The lowest BCUT2D eigenvalue weighted by molar-refractivity contribution is 0.0691. The van der Waals surface area contributed by atoms with Gasteiger partial charge in [-0.05, 0) is 12.1 Å². The van der Waals surface area contributed by atoms with E-state index in [0.717, 1.165) is 5.56 Å². The Hall–Kier alpha value is -2.30. The Morgan fingerprint density at radius 2 is 2.24 bits per heavy atom. The highest BCUT2D eigenvalue weighted by Gasteiger charge is 2.12. The van der Waals surface area contributed by atoms with Gasteiger partial charge in [-0.2, -0.15) is 0 Å². The van der Waals surface area contributed by atoms with Crippen molar-refractivity contribution in [3.63, 3.8) is 0 Å². The van der Waals surface area contributed by atoms with Crippen LogP contribution in [0.4, 0.5) is 0 Å². The van der Waals surface area contributed by atoms with Crippen LogP contribution in [0, 0.1) is 0 Å². The molecule has 0 spiro atoms. The summed E-state index contributed by atoms with van der Waals surface area (Å²) in [5.74, 6) is 0.276. The third kappa shape index (κ3) is 2.13. The first kappa shape index (κ1) is 11.2. The van der Waals surface area contributed by atoms with Gasteiger partial charge in [0, 0.05) is 18.8 Å². The van der Waals surface area contributed by atoms with Crippen LogP contribution < -0.4 is 4.74 Å². The van der Waals surface area contributed by atoms with Gasteiger partial charge in [-0.25, -0.2) is 9.78 Å². The average molecular weight is 232 g/mol. The molecular weight excluding hydrogens is 220 g/mol. The molecule has 2 aromatic rings. The van der Waals surface area contributed by atoms with Gasteiger partial charge >= 0.3 is 5.97 Å². The van der Waals surface area contributed by atoms with E-state index in [2.05, 4.69) is 4.98 Å². The summed E-state index contributed by atoms with van der Waals surface area (Å²) in [4.78, 5) is 14.9. The van der Waals surface area contributed by atoms with E-state index in [1.54, 1.807) is 18.7 Å². The van der Waals surface area contributed by atoms with Gasteiger partial charge in [0.1, 0.15) is 11.6 Å². The van der Waals surface area contributed by atoms with Crippen LogP contribution in [0.25, 0.3) is 11.4 Å². The van der Waals surface area contributed by atoms with Crippen LogP contribution in [0.5, 0.6) is 5.75 Å². The van der Waals surface area contributed by atoms with Crippen LogP contribution in [0.1, 0.15) is 10.5 Å². The second kappa shape index (κ2) is 4.29. The second-order valence-electron chi connectivity index (χ2n) is 3.60. The lowest BCUT2D eigenvalue weighted by Crippen LogP contribution is -1.95. The first-order valence-corrected chi connectivity index (χ1v) is 5.03. The fourth-order valence-corrected chi connectivity index (χ4v) is 1.60. The molecule has 0 unspecified atom stereocenters. The van der Waals surface area contributed by atoms with Crippen molar-refractivity contribution < 1.29 is 14.6 Å². The van der Waals surface area contributed by atoms with Gasteiger partial charge in [0.15, 0.2) is 5.69 Å². The fraction of sp³-hybridized carbons (Fsp3) is 0.167. The molecule has 0 saturated heterocycles. The van der Waals surface area contributed by atoms with Crippen molar-refractivity contribution in [1.29, 1.82) is 0 Å². The fourth-order valence-electron chi connectivity index (χ4n) is 1.60. The smallest absolute Gasteiger partial charge is 0.356 e. The first-order valence-electron chi connectivity index (χ1n) is 5.03. The monoisotopic (exact) mass is 232 g/mol. The van der Waals surface area contributed by atoms with Gasteiger partial charge < -0.3 is 14.4 Å². The van der Waals surface area contributed by atoms with Crippen LogP contribution in [-0.2, 0) is 7.05 Å². The molecule has 0 aliphatic heterocycles. The molecule has 0 atom stereocenters. The van der Waals surface area contributed by atoms with Crippen LogP contribution in [-0.4, -0.2) is 27.7 Å². The van der Waals surface area contributed by atoms with E-state index < -0.39 is 5.97 Å². The Morgan fingerprint density at radius 3 is 2.82 bits per heavy atom. The predicted octanol–water partition coefficient (Wildman–Crippen LogP) is 1.79. The zero-order valence-corrected chi connectivity index (χ0v) is 9.54. The minimum Gasteiger partial charge on any atom is -0.497 e. The highest BCUT2D eigenvalue weighted by Crippen LogP contribution is 2.22. The molecule has 0 amide bonds. The number of nitrogens with zero attached hydrogens (tertiary/aromatic N) is 2. The van der Waals surface area contributed by atoms with Crippen molar-refractivity contribution in [2.24, 2.45) is 7.05 Å². The third-order valence-corrected chi connectivity index (χ3v) is 2.42. The minimum absolute atomic E-state index is 0.0327. The second-order valence-corrected chi connectivity index (χ2v) is 3.60. The molecule has 5 heteroatoms. The number of aromatic nitrogens is 2. The third-order valence-electron chi connectivity index (χ3n) is 2.42. The Labute approximate surface area is 98.3 Å². The van der Waals surface area contributed by atoms with Crippen molar-refractivity contribution >= 4 is 5.97 Å². The molecule has 0 radical (unpaired) electrons. The molecule has 1 heterocycles. The summed E-state index contributed by atoms with van der Waals surface area (Å²) in [6.07, 6.45) is 1.48. The topological polar surface area (TPSA) is 64.3 Å². The number of imidazole rings is 1. The lowest BCUT2D eigenvalue weighted by atomic mass is 10.2. The standard InChI is InChI=1S/C12H12N2O3/c1-14-7-10(12(15)16)13-11(14)8-4-3-5-9(6-8)17-2/h3-7H,1-2H3,(H,15,16). The zero-order valence-electron chi connectivity index (χ0n) is 9.54. The van der Waals surface area contributed by atoms with E-state index >= 15 is 0 Å². The Balaban J connectivity index is 2.48. The molecule has 0 fully saturated rings. The highest BCUT2D eigenvalue weighted by molar-refractivity contribution is 5.86. The summed E-state index contributed by atoms with van der Waals surface area (Å²) < 4.78 is 6.80. The van der Waals surface area contributed by atoms with Crippen molar-refractivity contribution in [1.82, 2.24) is 9.55 Å². The summed E-state index contributed by atoms with van der Waals surface area (Å²) in [5.41, 5.74) is 0.852. The number of rotatable bonds is 3. The number of hydrogen-bond acceptors (Lipinski definition) is 3. The molecule has 0 aliphatic rings. The van der Waals surface area contributed by atoms with Crippen LogP contribution in [0.3, 0.4) is 0 Å². The SMILES string of the molecule is COc1cccc(-c2nc(C(=O)O)cn2C)c1. The van der Waals surface area contributed by atoms with Crippen molar-refractivity contribution in [3.05, 3.63) is 36.2 Å². The van der Waals surface area contributed by atoms with E-state index in [0.29, 0.717) is 11.6 Å². The maximum absolute atomic E-state index is 10.8. The number of methoxy groups -OCH3 is 1. The van der Waals surface area contributed by atoms with Gasteiger partial charge in [-0.15, -0.1) is 0 Å². The number of aryl methyl sites for hydroxylation is 1. The minimum atomic E-state index is -1.03. The maximum atomic E-state index is 10.8. The molecule has 0 aliphatic carbocycles. The zero-order chi connectivity index (χ0) is 12.4. The average Bonchev–Trinajstić information content (AvgIpc) is 2.72. The largest absolute Gasteiger partial charge is 0.497 e. The first-order chi connectivity index (χ1) is 8.11. The van der Waals surface area contributed by atoms with Gasteiger partial charge in [-0.3, -0.25) is 0 Å². The summed E-state index contributed by atoms with van der Waals surface area (Å²) in [6.45, 7) is 0. The number of ether oxygens (including phenoxy) is 1. The summed E-state index contributed by atoms with van der Waals surface area (Å²) in [5, 5.41) is 8.87. The molecule has 88 valence electrons. The van der Waals surface area contributed by atoms with Gasteiger partial charge in [0.2, 0.25) is 0 Å². The molecule has 1 N–H and O–H groups in total. The predicted molar refractivity (Wildman–Crippen MR) is 62.2 cm³/mol. The molecule has 1 aromatic heterocycles. The Kier molecular flexibility index (Phi) is 2.82. The van der Waals surface area contributed by atoms with E-state index in [-0.39, 0.29) is 5.69 Å². The van der Waals surface area contributed by atoms with E-state index in [1.165, 1.54) is 6.20 Å². The number of hydrogen-bond donors (Lipinski definition) is 1. The van der Waals surface area contributed by atoms with E-state index in [1.807, 2.05) is 24.3 Å². The van der Waals surface area contributed by atoms with Crippen LogP contribution >= 0.6 is 0 Å². The number of carbonyl (C=O) groups is 1. The maximum Gasteiger partial charge on any atom is 0.356 e. The molecule has 0 saturated carbocycles. The van der Waals surface area contributed by atoms with Gasteiger partial charge in [-0.1, -0.05) is 12.1 Å². The van der Waals surface area contributed by atoms with Gasteiger partial charge in [0.05, 0.1) is 7.11 Å². The molecule has 2 rings (SSSR count). The molecule has 1 aromatic carbocycles. The number of carboxylic acids is 1.